The Hall–Kier alpha value is -1.26. The van der Waals surface area contributed by atoms with Gasteiger partial charge < -0.3 is 5.32 Å². The van der Waals surface area contributed by atoms with Gasteiger partial charge in [0.25, 0.3) is 0 Å². The molecule has 1 atom stereocenters. The van der Waals surface area contributed by atoms with E-state index in [1.54, 1.807) is 12.1 Å². The van der Waals surface area contributed by atoms with Crippen LogP contribution in [0.15, 0.2) is 40.9 Å². The lowest BCUT2D eigenvalue weighted by atomic mass is 10.0. The SMILES string of the molecule is CCNC(c1cccc(C)n1)c1cc(Br)ccc1F. The van der Waals surface area contributed by atoms with Crippen molar-refractivity contribution in [3.05, 3.63) is 63.6 Å². The molecule has 0 saturated carbocycles. The van der Waals surface area contributed by atoms with Crippen LogP contribution < -0.4 is 5.32 Å². The number of hydrogen-bond donors (Lipinski definition) is 1. The lowest BCUT2D eigenvalue weighted by Gasteiger charge is -2.19. The highest BCUT2D eigenvalue weighted by Gasteiger charge is 2.18. The number of nitrogens with one attached hydrogen (secondary N) is 1. The fourth-order valence-corrected chi connectivity index (χ4v) is 2.42. The van der Waals surface area contributed by atoms with Crippen LogP contribution in [0.5, 0.6) is 0 Å². The third kappa shape index (κ3) is 3.39. The molecule has 19 heavy (non-hydrogen) atoms. The molecule has 0 radical (unpaired) electrons. The Morgan fingerprint density at radius 3 is 2.79 bits per heavy atom. The molecule has 0 aliphatic heterocycles. The minimum atomic E-state index is -0.234. The summed E-state index contributed by atoms with van der Waals surface area (Å²) in [4.78, 5) is 4.49. The van der Waals surface area contributed by atoms with Gasteiger partial charge in [0.2, 0.25) is 0 Å². The zero-order chi connectivity index (χ0) is 13.8. The van der Waals surface area contributed by atoms with Gasteiger partial charge in [0.05, 0.1) is 11.7 Å². The van der Waals surface area contributed by atoms with Gasteiger partial charge in [-0.05, 0) is 43.8 Å². The van der Waals surface area contributed by atoms with Gasteiger partial charge in [-0.15, -0.1) is 0 Å². The van der Waals surface area contributed by atoms with Crippen LogP contribution in [0.4, 0.5) is 4.39 Å². The average Bonchev–Trinajstić information content (AvgIpc) is 2.39. The fraction of sp³-hybridized carbons (Fsp3) is 0.267. The molecule has 2 rings (SSSR count). The number of rotatable bonds is 4. The molecular formula is C15H16BrFN2. The van der Waals surface area contributed by atoms with Crippen LogP contribution in [0.2, 0.25) is 0 Å². The molecule has 1 aromatic carbocycles. The Morgan fingerprint density at radius 1 is 1.32 bits per heavy atom. The van der Waals surface area contributed by atoms with Gasteiger partial charge in [-0.3, -0.25) is 4.98 Å². The van der Waals surface area contributed by atoms with Gasteiger partial charge in [0.15, 0.2) is 0 Å². The predicted molar refractivity (Wildman–Crippen MR) is 78.6 cm³/mol. The van der Waals surface area contributed by atoms with Crippen molar-refractivity contribution in [3.63, 3.8) is 0 Å². The molecule has 1 unspecified atom stereocenters. The van der Waals surface area contributed by atoms with E-state index in [4.69, 9.17) is 0 Å². The molecule has 1 heterocycles. The van der Waals surface area contributed by atoms with Crippen molar-refractivity contribution >= 4 is 15.9 Å². The lowest BCUT2D eigenvalue weighted by molar-refractivity contribution is 0.551. The van der Waals surface area contributed by atoms with Crippen molar-refractivity contribution in [2.24, 2.45) is 0 Å². The first-order chi connectivity index (χ1) is 9.11. The smallest absolute Gasteiger partial charge is 0.128 e. The molecule has 0 amide bonds. The van der Waals surface area contributed by atoms with Crippen LogP contribution in [0, 0.1) is 12.7 Å². The van der Waals surface area contributed by atoms with Crippen LogP contribution in [0.25, 0.3) is 0 Å². The minimum absolute atomic E-state index is 0.225. The summed E-state index contributed by atoms with van der Waals surface area (Å²) in [5, 5.41) is 3.29. The zero-order valence-electron chi connectivity index (χ0n) is 11.0. The van der Waals surface area contributed by atoms with Gasteiger partial charge >= 0.3 is 0 Å². The predicted octanol–water partition coefficient (Wildman–Crippen LogP) is 3.99. The maximum absolute atomic E-state index is 14.0. The number of aryl methyl sites for hydroxylation is 1. The number of aromatic nitrogens is 1. The molecule has 4 heteroatoms. The monoisotopic (exact) mass is 322 g/mol. The highest BCUT2D eigenvalue weighted by Crippen LogP contribution is 2.26. The third-order valence-electron chi connectivity index (χ3n) is 2.88. The van der Waals surface area contributed by atoms with Gasteiger partial charge in [0.1, 0.15) is 5.82 Å². The molecule has 0 bridgehead atoms. The number of pyridine rings is 1. The summed E-state index contributed by atoms with van der Waals surface area (Å²) in [6.07, 6.45) is 0. The van der Waals surface area contributed by atoms with E-state index >= 15 is 0 Å². The zero-order valence-corrected chi connectivity index (χ0v) is 12.5. The first kappa shape index (κ1) is 14.2. The summed E-state index contributed by atoms with van der Waals surface area (Å²) < 4.78 is 14.9. The van der Waals surface area contributed by atoms with E-state index in [-0.39, 0.29) is 11.9 Å². The second-order valence-corrected chi connectivity index (χ2v) is 5.28. The molecule has 0 fully saturated rings. The van der Waals surface area contributed by atoms with Crippen molar-refractivity contribution in [1.82, 2.24) is 10.3 Å². The maximum atomic E-state index is 14.0. The van der Waals surface area contributed by atoms with E-state index in [1.165, 1.54) is 6.07 Å². The van der Waals surface area contributed by atoms with Crippen LogP contribution in [0.1, 0.15) is 29.9 Å². The molecule has 0 saturated heterocycles. The van der Waals surface area contributed by atoms with Crippen molar-refractivity contribution in [2.75, 3.05) is 6.54 Å². The number of benzene rings is 1. The van der Waals surface area contributed by atoms with Crippen LogP contribution in [-0.4, -0.2) is 11.5 Å². The average molecular weight is 323 g/mol. The summed E-state index contributed by atoms with van der Waals surface area (Å²) in [5.41, 5.74) is 2.36. The molecule has 0 spiro atoms. The van der Waals surface area contributed by atoms with Gasteiger partial charge in [-0.1, -0.05) is 28.9 Å². The summed E-state index contributed by atoms with van der Waals surface area (Å²) in [5.74, 6) is -0.225. The molecule has 100 valence electrons. The topological polar surface area (TPSA) is 24.9 Å². The molecule has 1 aromatic heterocycles. The first-order valence-electron chi connectivity index (χ1n) is 6.23. The Bertz CT molecular complexity index is 572. The maximum Gasteiger partial charge on any atom is 0.128 e. The second kappa shape index (κ2) is 6.26. The summed E-state index contributed by atoms with van der Waals surface area (Å²) in [7, 11) is 0. The third-order valence-corrected chi connectivity index (χ3v) is 3.38. The molecule has 0 aliphatic rings. The molecule has 0 aliphatic carbocycles. The first-order valence-corrected chi connectivity index (χ1v) is 7.03. The Morgan fingerprint density at radius 2 is 2.11 bits per heavy atom. The van der Waals surface area contributed by atoms with Crippen molar-refractivity contribution in [3.8, 4) is 0 Å². The number of nitrogens with zero attached hydrogens (tertiary/aromatic N) is 1. The molecule has 2 nitrogen and oxygen atoms in total. The standard InChI is InChI=1S/C15H16BrFN2/c1-3-18-15(14-6-4-5-10(2)19-14)12-9-11(16)7-8-13(12)17/h4-9,15,18H,3H2,1-2H3. The van der Waals surface area contributed by atoms with Gasteiger partial charge in [-0.2, -0.15) is 0 Å². The number of hydrogen-bond acceptors (Lipinski definition) is 2. The van der Waals surface area contributed by atoms with Crippen molar-refractivity contribution < 1.29 is 4.39 Å². The second-order valence-electron chi connectivity index (χ2n) is 4.36. The minimum Gasteiger partial charge on any atom is -0.305 e. The van der Waals surface area contributed by atoms with E-state index in [9.17, 15) is 4.39 Å². The van der Waals surface area contributed by atoms with Crippen molar-refractivity contribution in [2.45, 2.75) is 19.9 Å². The molecular weight excluding hydrogens is 307 g/mol. The Balaban J connectivity index is 2.48. The lowest BCUT2D eigenvalue weighted by Crippen LogP contribution is -2.24. The summed E-state index contributed by atoms with van der Waals surface area (Å²) in [6.45, 7) is 4.68. The highest BCUT2D eigenvalue weighted by molar-refractivity contribution is 9.10. The summed E-state index contributed by atoms with van der Waals surface area (Å²) >= 11 is 3.39. The summed E-state index contributed by atoms with van der Waals surface area (Å²) in [6, 6.07) is 10.5. The van der Waals surface area contributed by atoms with E-state index in [0.29, 0.717) is 5.56 Å². The highest BCUT2D eigenvalue weighted by atomic mass is 79.9. The van der Waals surface area contributed by atoms with Crippen LogP contribution in [0.3, 0.4) is 0 Å². The molecule has 1 N–H and O–H groups in total. The van der Waals surface area contributed by atoms with Crippen LogP contribution in [-0.2, 0) is 0 Å². The normalized spacial score (nSPS) is 12.4. The van der Waals surface area contributed by atoms with Crippen molar-refractivity contribution in [1.29, 1.82) is 0 Å². The molecule has 2 aromatic rings. The largest absolute Gasteiger partial charge is 0.305 e. The van der Waals surface area contributed by atoms with E-state index in [0.717, 1.165) is 22.4 Å². The van der Waals surface area contributed by atoms with E-state index < -0.39 is 0 Å². The van der Waals surface area contributed by atoms with Crippen LogP contribution >= 0.6 is 15.9 Å². The van der Waals surface area contributed by atoms with Gasteiger partial charge in [-0.25, -0.2) is 4.39 Å². The fourth-order valence-electron chi connectivity index (χ4n) is 2.04. The van der Waals surface area contributed by atoms with E-state index in [2.05, 4.69) is 26.2 Å². The Labute approximate surface area is 121 Å². The Kier molecular flexibility index (Phi) is 4.66. The number of halogens is 2. The quantitative estimate of drug-likeness (QED) is 0.920. The van der Waals surface area contributed by atoms with E-state index in [1.807, 2.05) is 32.0 Å². The van der Waals surface area contributed by atoms with Gasteiger partial charge in [0, 0.05) is 15.7 Å².